The highest BCUT2D eigenvalue weighted by Gasteiger charge is 2.27. The first-order valence-corrected chi connectivity index (χ1v) is 7.31. The number of rotatable bonds is 3. The predicted octanol–water partition coefficient (Wildman–Crippen LogP) is 1.03. The summed E-state index contributed by atoms with van der Waals surface area (Å²) in [5, 5.41) is 0. The molecule has 5 nitrogen and oxygen atoms in total. The number of hydrogen-bond donors (Lipinski definition) is 0. The maximum Gasteiger partial charge on any atom is 0.242 e. The van der Waals surface area contributed by atoms with E-state index in [9.17, 15) is 9.59 Å². The number of ether oxygens (including phenoxy) is 1. The van der Waals surface area contributed by atoms with Crippen LogP contribution < -0.4 is 0 Å². The zero-order valence-corrected chi connectivity index (χ0v) is 11.8. The molecule has 2 rings (SSSR count). The lowest BCUT2D eigenvalue weighted by atomic mass is 9.94. The fourth-order valence-corrected chi connectivity index (χ4v) is 2.95. The first-order chi connectivity index (χ1) is 9.18. The van der Waals surface area contributed by atoms with Crippen molar-refractivity contribution in [2.24, 2.45) is 0 Å². The van der Waals surface area contributed by atoms with E-state index in [1.807, 2.05) is 4.90 Å². The lowest BCUT2D eigenvalue weighted by Crippen LogP contribution is -2.49. The Morgan fingerprint density at radius 2 is 1.79 bits per heavy atom. The highest BCUT2D eigenvalue weighted by molar-refractivity contribution is 5.84. The van der Waals surface area contributed by atoms with Crippen LogP contribution in [-0.2, 0) is 14.3 Å². The summed E-state index contributed by atoms with van der Waals surface area (Å²) in [5.74, 6) is 0.0811. The van der Waals surface area contributed by atoms with E-state index in [4.69, 9.17) is 4.74 Å². The van der Waals surface area contributed by atoms with Crippen molar-refractivity contribution in [3.8, 4) is 0 Å². The molecule has 0 aromatic heterocycles. The SMILES string of the molecule is CC(=O)N(CC(=O)N1CCOCC1)C1CCCCC1. The standard InChI is InChI=1S/C14H24N2O3/c1-12(17)16(13-5-3-2-4-6-13)11-14(18)15-7-9-19-10-8-15/h13H,2-11H2,1H3. The highest BCUT2D eigenvalue weighted by Crippen LogP contribution is 2.22. The molecule has 1 aliphatic carbocycles. The third kappa shape index (κ3) is 3.93. The minimum atomic E-state index is 0.0218. The summed E-state index contributed by atoms with van der Waals surface area (Å²) in [6.45, 7) is 4.32. The lowest BCUT2D eigenvalue weighted by molar-refractivity contribution is -0.144. The molecule has 2 aliphatic rings. The summed E-state index contributed by atoms with van der Waals surface area (Å²) < 4.78 is 5.24. The first-order valence-electron chi connectivity index (χ1n) is 7.31. The normalized spacial score (nSPS) is 21.2. The van der Waals surface area contributed by atoms with E-state index >= 15 is 0 Å². The largest absolute Gasteiger partial charge is 0.378 e. The molecule has 0 unspecified atom stereocenters. The van der Waals surface area contributed by atoms with Crippen LogP contribution in [-0.4, -0.2) is 60.5 Å². The van der Waals surface area contributed by atoms with Gasteiger partial charge in [-0.1, -0.05) is 19.3 Å². The molecule has 1 heterocycles. The second kappa shape index (κ2) is 6.89. The van der Waals surface area contributed by atoms with Crippen molar-refractivity contribution in [1.82, 2.24) is 9.80 Å². The molecule has 19 heavy (non-hydrogen) atoms. The topological polar surface area (TPSA) is 49.9 Å². The van der Waals surface area contributed by atoms with Gasteiger partial charge in [-0.15, -0.1) is 0 Å². The van der Waals surface area contributed by atoms with Gasteiger partial charge in [0.2, 0.25) is 11.8 Å². The van der Waals surface area contributed by atoms with Crippen molar-refractivity contribution in [1.29, 1.82) is 0 Å². The Kier molecular flexibility index (Phi) is 5.19. The van der Waals surface area contributed by atoms with E-state index in [2.05, 4.69) is 0 Å². The number of carbonyl (C=O) groups is 2. The molecule has 0 bridgehead atoms. The molecular weight excluding hydrogens is 244 g/mol. The molecule has 2 fully saturated rings. The predicted molar refractivity (Wildman–Crippen MR) is 71.7 cm³/mol. The first kappa shape index (κ1) is 14.3. The molecule has 1 saturated heterocycles. The Hall–Kier alpha value is -1.10. The van der Waals surface area contributed by atoms with E-state index in [1.54, 1.807) is 11.8 Å². The van der Waals surface area contributed by atoms with Crippen LogP contribution in [0.4, 0.5) is 0 Å². The second-order valence-corrected chi connectivity index (χ2v) is 5.43. The van der Waals surface area contributed by atoms with Crippen LogP contribution in [0.3, 0.4) is 0 Å². The monoisotopic (exact) mass is 268 g/mol. The van der Waals surface area contributed by atoms with Gasteiger partial charge in [0.05, 0.1) is 19.8 Å². The van der Waals surface area contributed by atoms with Crippen LogP contribution >= 0.6 is 0 Å². The zero-order valence-electron chi connectivity index (χ0n) is 11.8. The average Bonchev–Trinajstić information content (AvgIpc) is 2.46. The third-order valence-corrected chi connectivity index (χ3v) is 4.09. The molecular formula is C14H24N2O3. The Labute approximate surface area is 114 Å². The van der Waals surface area contributed by atoms with Crippen LogP contribution in [0.2, 0.25) is 0 Å². The van der Waals surface area contributed by atoms with Crippen molar-refractivity contribution >= 4 is 11.8 Å². The molecule has 0 aromatic carbocycles. The van der Waals surface area contributed by atoms with Gasteiger partial charge in [0.1, 0.15) is 0 Å². The number of nitrogens with zero attached hydrogens (tertiary/aromatic N) is 2. The summed E-state index contributed by atoms with van der Waals surface area (Å²) in [6, 6.07) is 0.260. The molecule has 0 radical (unpaired) electrons. The lowest BCUT2D eigenvalue weighted by Gasteiger charge is -2.35. The smallest absolute Gasteiger partial charge is 0.242 e. The van der Waals surface area contributed by atoms with Crippen LogP contribution in [0.5, 0.6) is 0 Å². The summed E-state index contributed by atoms with van der Waals surface area (Å²) in [6.07, 6.45) is 5.66. The van der Waals surface area contributed by atoms with E-state index in [-0.39, 0.29) is 24.4 Å². The minimum absolute atomic E-state index is 0.0218. The van der Waals surface area contributed by atoms with Gasteiger partial charge in [-0.25, -0.2) is 0 Å². The Bertz CT molecular complexity index is 321. The number of hydrogen-bond acceptors (Lipinski definition) is 3. The van der Waals surface area contributed by atoms with Gasteiger partial charge >= 0.3 is 0 Å². The molecule has 0 N–H and O–H groups in total. The van der Waals surface area contributed by atoms with Gasteiger partial charge < -0.3 is 14.5 Å². The number of amides is 2. The van der Waals surface area contributed by atoms with Gasteiger partial charge in [0, 0.05) is 26.1 Å². The Balaban J connectivity index is 1.91. The molecule has 1 saturated carbocycles. The maximum absolute atomic E-state index is 12.2. The van der Waals surface area contributed by atoms with Crippen molar-refractivity contribution < 1.29 is 14.3 Å². The molecule has 0 spiro atoms. The van der Waals surface area contributed by atoms with Gasteiger partial charge in [0.25, 0.3) is 0 Å². The van der Waals surface area contributed by atoms with Crippen LogP contribution in [0, 0.1) is 0 Å². The van der Waals surface area contributed by atoms with Gasteiger partial charge in [-0.3, -0.25) is 9.59 Å². The van der Waals surface area contributed by atoms with E-state index < -0.39 is 0 Å². The van der Waals surface area contributed by atoms with E-state index in [1.165, 1.54) is 19.3 Å². The molecule has 1 aliphatic heterocycles. The highest BCUT2D eigenvalue weighted by atomic mass is 16.5. The number of carbonyl (C=O) groups excluding carboxylic acids is 2. The third-order valence-electron chi connectivity index (χ3n) is 4.09. The van der Waals surface area contributed by atoms with Crippen LogP contribution in [0.25, 0.3) is 0 Å². The van der Waals surface area contributed by atoms with Crippen molar-refractivity contribution in [3.05, 3.63) is 0 Å². The maximum atomic E-state index is 12.2. The van der Waals surface area contributed by atoms with Crippen molar-refractivity contribution in [2.45, 2.75) is 45.1 Å². The second-order valence-electron chi connectivity index (χ2n) is 5.43. The van der Waals surface area contributed by atoms with Gasteiger partial charge in [-0.05, 0) is 12.8 Å². The van der Waals surface area contributed by atoms with Crippen LogP contribution in [0.1, 0.15) is 39.0 Å². The summed E-state index contributed by atoms with van der Waals surface area (Å²) >= 11 is 0. The molecule has 0 aromatic rings. The molecule has 5 heteroatoms. The fraction of sp³-hybridized carbons (Fsp3) is 0.857. The van der Waals surface area contributed by atoms with E-state index in [0.29, 0.717) is 26.3 Å². The summed E-state index contributed by atoms with van der Waals surface area (Å²) in [4.78, 5) is 27.6. The summed E-state index contributed by atoms with van der Waals surface area (Å²) in [5.41, 5.74) is 0. The fourth-order valence-electron chi connectivity index (χ4n) is 2.95. The van der Waals surface area contributed by atoms with E-state index in [0.717, 1.165) is 12.8 Å². The van der Waals surface area contributed by atoms with Crippen molar-refractivity contribution in [3.63, 3.8) is 0 Å². The molecule has 0 atom stereocenters. The van der Waals surface area contributed by atoms with Gasteiger partial charge in [-0.2, -0.15) is 0 Å². The minimum Gasteiger partial charge on any atom is -0.378 e. The average molecular weight is 268 g/mol. The summed E-state index contributed by atoms with van der Waals surface area (Å²) in [7, 11) is 0. The van der Waals surface area contributed by atoms with Gasteiger partial charge in [0.15, 0.2) is 0 Å². The van der Waals surface area contributed by atoms with Crippen molar-refractivity contribution in [2.75, 3.05) is 32.8 Å². The zero-order chi connectivity index (χ0) is 13.7. The quantitative estimate of drug-likeness (QED) is 0.768. The van der Waals surface area contributed by atoms with Crippen LogP contribution in [0.15, 0.2) is 0 Å². The Morgan fingerprint density at radius 1 is 1.16 bits per heavy atom. The molecule has 108 valence electrons. The number of morpholine rings is 1. The Morgan fingerprint density at radius 3 is 2.37 bits per heavy atom. The molecule has 2 amide bonds.